The van der Waals surface area contributed by atoms with E-state index in [1.54, 1.807) is 19.9 Å². The molecule has 7 heteroatoms. The van der Waals surface area contributed by atoms with E-state index < -0.39 is 29.6 Å². The largest absolute Gasteiger partial charge is 0.467 e. The molecule has 126 valence electrons. The monoisotopic (exact) mass is 324 g/mol. The van der Waals surface area contributed by atoms with Crippen LogP contribution < -0.4 is 10.6 Å². The van der Waals surface area contributed by atoms with Crippen molar-refractivity contribution in [1.82, 2.24) is 10.6 Å². The lowest BCUT2D eigenvalue weighted by atomic mass is 10.0. The number of methoxy groups -OCH3 is 1. The number of esters is 1. The summed E-state index contributed by atoms with van der Waals surface area (Å²) in [6, 6.07) is 4.90. The Kier molecular flexibility index (Phi) is 7.18. The number of halogens is 1. The average molecular weight is 324 g/mol. The Morgan fingerprint density at radius 3 is 2.48 bits per heavy atom. The van der Waals surface area contributed by atoms with Gasteiger partial charge in [0.1, 0.15) is 11.9 Å². The van der Waals surface area contributed by atoms with E-state index in [4.69, 9.17) is 0 Å². The highest BCUT2D eigenvalue weighted by Crippen LogP contribution is 2.04. The predicted octanol–water partition coefficient (Wildman–Crippen LogP) is 0.798. The van der Waals surface area contributed by atoms with Crippen LogP contribution in [0.1, 0.15) is 19.4 Å². The van der Waals surface area contributed by atoms with E-state index >= 15 is 0 Å². The summed E-state index contributed by atoms with van der Waals surface area (Å²) in [6.45, 7) is 3.27. The van der Waals surface area contributed by atoms with E-state index in [9.17, 15) is 18.8 Å². The number of hydrogen-bond acceptors (Lipinski definition) is 4. The molecule has 2 amide bonds. The Bertz CT molecular complexity index is 575. The van der Waals surface area contributed by atoms with Crippen molar-refractivity contribution in [3.63, 3.8) is 0 Å². The Morgan fingerprint density at radius 2 is 1.91 bits per heavy atom. The average Bonchev–Trinajstić information content (AvgIpc) is 2.49. The van der Waals surface area contributed by atoms with Gasteiger partial charge in [0, 0.05) is 0 Å². The molecule has 0 unspecified atom stereocenters. The first-order chi connectivity index (χ1) is 10.8. The predicted molar refractivity (Wildman–Crippen MR) is 81.9 cm³/mol. The number of ether oxygens (including phenoxy) is 1. The first-order valence-corrected chi connectivity index (χ1v) is 7.21. The number of nitrogens with one attached hydrogen (secondary N) is 2. The molecule has 0 bridgehead atoms. The molecule has 2 N–H and O–H groups in total. The molecule has 0 spiro atoms. The van der Waals surface area contributed by atoms with Gasteiger partial charge in [-0.3, -0.25) is 9.59 Å². The standard InChI is InChI=1S/C16H21FN2O4/c1-10(2)15(16(22)23-3)19-14(21)9-18-13(20)8-11-5-4-6-12(17)7-11/h4-7,10,15H,8-9H2,1-3H3,(H,18,20)(H,19,21)/t15-/m1/s1. The van der Waals surface area contributed by atoms with Crippen LogP contribution in [0, 0.1) is 11.7 Å². The molecular weight excluding hydrogens is 303 g/mol. The number of amides is 2. The molecule has 0 aliphatic rings. The maximum atomic E-state index is 13.0. The van der Waals surface area contributed by atoms with Crippen molar-refractivity contribution < 1.29 is 23.5 Å². The number of hydrogen-bond donors (Lipinski definition) is 2. The van der Waals surface area contributed by atoms with Crippen LogP contribution in [0.25, 0.3) is 0 Å². The SMILES string of the molecule is COC(=O)[C@H](NC(=O)CNC(=O)Cc1cccc(F)c1)C(C)C. The minimum absolute atomic E-state index is 0.0321. The second-order valence-corrected chi connectivity index (χ2v) is 5.40. The molecule has 23 heavy (non-hydrogen) atoms. The van der Waals surface area contributed by atoms with E-state index in [-0.39, 0.29) is 18.9 Å². The van der Waals surface area contributed by atoms with E-state index in [0.717, 1.165) is 0 Å². The number of carbonyl (C=O) groups is 3. The maximum Gasteiger partial charge on any atom is 0.328 e. The van der Waals surface area contributed by atoms with Gasteiger partial charge in [-0.2, -0.15) is 0 Å². The molecule has 0 radical (unpaired) electrons. The Hall–Kier alpha value is -2.44. The molecule has 1 aromatic carbocycles. The lowest BCUT2D eigenvalue weighted by Gasteiger charge is -2.19. The van der Waals surface area contributed by atoms with Crippen LogP contribution in [0.5, 0.6) is 0 Å². The normalized spacial score (nSPS) is 11.7. The zero-order valence-electron chi connectivity index (χ0n) is 13.4. The zero-order chi connectivity index (χ0) is 17.4. The third-order valence-electron chi connectivity index (χ3n) is 3.14. The van der Waals surface area contributed by atoms with Gasteiger partial charge < -0.3 is 15.4 Å². The molecule has 0 aliphatic heterocycles. The molecule has 0 saturated heterocycles. The lowest BCUT2D eigenvalue weighted by Crippen LogP contribution is -2.48. The summed E-state index contributed by atoms with van der Waals surface area (Å²) in [6.07, 6.45) is -0.0321. The highest BCUT2D eigenvalue weighted by molar-refractivity contribution is 5.88. The minimum Gasteiger partial charge on any atom is -0.467 e. The second-order valence-electron chi connectivity index (χ2n) is 5.40. The highest BCUT2D eigenvalue weighted by atomic mass is 19.1. The van der Waals surface area contributed by atoms with Crippen LogP contribution in [0.15, 0.2) is 24.3 Å². The van der Waals surface area contributed by atoms with Gasteiger partial charge in [-0.05, 0) is 23.6 Å². The summed E-state index contributed by atoms with van der Waals surface area (Å²) >= 11 is 0. The molecule has 0 fully saturated rings. The number of benzene rings is 1. The molecular formula is C16H21FN2O4. The summed E-state index contributed by atoms with van der Waals surface area (Å²) < 4.78 is 17.6. The van der Waals surface area contributed by atoms with Crippen molar-refractivity contribution in [3.8, 4) is 0 Å². The fourth-order valence-electron chi connectivity index (χ4n) is 1.92. The van der Waals surface area contributed by atoms with E-state index in [2.05, 4.69) is 15.4 Å². The van der Waals surface area contributed by atoms with Gasteiger partial charge in [0.05, 0.1) is 20.1 Å². The third-order valence-corrected chi connectivity index (χ3v) is 3.14. The molecule has 0 aliphatic carbocycles. The first-order valence-electron chi connectivity index (χ1n) is 7.21. The van der Waals surface area contributed by atoms with Crippen molar-refractivity contribution in [3.05, 3.63) is 35.6 Å². The van der Waals surface area contributed by atoms with Crippen LogP contribution in [0.4, 0.5) is 4.39 Å². The Labute approximate surface area is 134 Å². The quantitative estimate of drug-likeness (QED) is 0.727. The van der Waals surface area contributed by atoms with Gasteiger partial charge in [-0.15, -0.1) is 0 Å². The van der Waals surface area contributed by atoms with Crippen LogP contribution in [-0.2, 0) is 25.5 Å². The summed E-state index contributed by atoms with van der Waals surface area (Å²) in [4.78, 5) is 35.1. The van der Waals surface area contributed by atoms with Crippen molar-refractivity contribution in [2.45, 2.75) is 26.3 Å². The van der Waals surface area contributed by atoms with Crippen molar-refractivity contribution >= 4 is 17.8 Å². The fraction of sp³-hybridized carbons (Fsp3) is 0.438. The maximum absolute atomic E-state index is 13.0. The van der Waals surface area contributed by atoms with Crippen LogP contribution in [0.3, 0.4) is 0 Å². The number of carbonyl (C=O) groups excluding carboxylic acids is 3. The van der Waals surface area contributed by atoms with Crippen LogP contribution in [-0.4, -0.2) is 37.5 Å². The second kappa shape index (κ2) is 8.87. The minimum atomic E-state index is -0.771. The number of rotatable bonds is 7. The summed E-state index contributed by atoms with van der Waals surface area (Å²) in [7, 11) is 1.24. The van der Waals surface area contributed by atoms with Crippen molar-refractivity contribution in [2.75, 3.05) is 13.7 Å². The molecule has 1 aromatic rings. The van der Waals surface area contributed by atoms with Gasteiger partial charge in [-0.1, -0.05) is 26.0 Å². The summed E-state index contributed by atoms with van der Waals surface area (Å²) in [5.41, 5.74) is 0.512. The Morgan fingerprint density at radius 1 is 1.22 bits per heavy atom. The van der Waals surface area contributed by atoms with E-state index in [0.29, 0.717) is 5.56 Å². The fourth-order valence-corrected chi connectivity index (χ4v) is 1.92. The molecule has 0 heterocycles. The van der Waals surface area contributed by atoms with E-state index in [1.165, 1.54) is 25.3 Å². The topological polar surface area (TPSA) is 84.5 Å². The molecule has 1 atom stereocenters. The third kappa shape index (κ3) is 6.46. The van der Waals surface area contributed by atoms with Gasteiger partial charge in [0.2, 0.25) is 11.8 Å². The van der Waals surface area contributed by atoms with Gasteiger partial charge >= 0.3 is 5.97 Å². The van der Waals surface area contributed by atoms with Crippen LogP contribution >= 0.6 is 0 Å². The van der Waals surface area contributed by atoms with E-state index in [1.807, 2.05) is 0 Å². The zero-order valence-corrected chi connectivity index (χ0v) is 13.4. The lowest BCUT2D eigenvalue weighted by molar-refractivity contribution is -0.146. The summed E-state index contributed by atoms with van der Waals surface area (Å²) in [5, 5.41) is 4.93. The van der Waals surface area contributed by atoms with Crippen molar-refractivity contribution in [1.29, 1.82) is 0 Å². The molecule has 0 aromatic heterocycles. The van der Waals surface area contributed by atoms with Crippen LogP contribution in [0.2, 0.25) is 0 Å². The first kappa shape index (κ1) is 18.6. The molecule has 0 saturated carbocycles. The Balaban J connectivity index is 2.45. The highest BCUT2D eigenvalue weighted by Gasteiger charge is 2.24. The van der Waals surface area contributed by atoms with Gasteiger partial charge in [0.25, 0.3) is 0 Å². The summed E-state index contributed by atoms with van der Waals surface area (Å²) in [5.74, 6) is -2.02. The molecule has 6 nitrogen and oxygen atoms in total. The molecule has 1 rings (SSSR count). The smallest absolute Gasteiger partial charge is 0.328 e. The van der Waals surface area contributed by atoms with Crippen molar-refractivity contribution in [2.24, 2.45) is 5.92 Å². The van der Waals surface area contributed by atoms with Gasteiger partial charge in [-0.25, -0.2) is 9.18 Å². The van der Waals surface area contributed by atoms with Gasteiger partial charge in [0.15, 0.2) is 0 Å².